The van der Waals surface area contributed by atoms with Crippen molar-refractivity contribution < 1.29 is 14.6 Å². The van der Waals surface area contributed by atoms with Gasteiger partial charge in [0.05, 0.1) is 11.3 Å². The first-order valence-corrected chi connectivity index (χ1v) is 7.14. The minimum Gasteiger partial charge on any atom is -0.489 e. The van der Waals surface area contributed by atoms with E-state index in [4.69, 9.17) is 4.74 Å². The summed E-state index contributed by atoms with van der Waals surface area (Å²) in [4.78, 5) is 15.5. The summed E-state index contributed by atoms with van der Waals surface area (Å²) < 4.78 is 5.84. The van der Waals surface area contributed by atoms with Crippen LogP contribution >= 0.6 is 0 Å². The summed E-state index contributed by atoms with van der Waals surface area (Å²) >= 11 is 0. The Balaban J connectivity index is 1.74. The van der Waals surface area contributed by atoms with Crippen molar-refractivity contribution in [3.8, 4) is 5.75 Å². The number of ether oxygens (including phenoxy) is 1. The lowest BCUT2D eigenvalue weighted by atomic mass is 10.1. The number of aryl methyl sites for hydroxylation is 2. The third-order valence-electron chi connectivity index (χ3n) is 3.68. The second-order valence-corrected chi connectivity index (χ2v) is 5.62. The smallest absolute Gasteiger partial charge is 0.336 e. The van der Waals surface area contributed by atoms with Gasteiger partial charge in [0, 0.05) is 12.6 Å². The lowest BCUT2D eigenvalue weighted by Gasteiger charge is -2.09. The molecule has 0 aliphatic heterocycles. The van der Waals surface area contributed by atoms with Crippen molar-refractivity contribution in [1.29, 1.82) is 0 Å². The van der Waals surface area contributed by atoms with Gasteiger partial charge in [-0.25, -0.2) is 4.79 Å². The number of pyridine rings is 1. The van der Waals surface area contributed by atoms with Crippen LogP contribution in [-0.4, -0.2) is 22.7 Å². The van der Waals surface area contributed by atoms with E-state index in [1.807, 2.05) is 32.1 Å². The molecule has 112 valence electrons. The summed E-state index contributed by atoms with van der Waals surface area (Å²) in [5.41, 5.74) is 5.19. The van der Waals surface area contributed by atoms with E-state index in [1.165, 1.54) is 6.20 Å². The summed E-state index contributed by atoms with van der Waals surface area (Å²) in [6.45, 7) is 4.51. The first kappa shape index (κ1) is 14.3. The zero-order valence-electron chi connectivity index (χ0n) is 12.6. The highest BCUT2D eigenvalue weighted by atomic mass is 16.5. The molecule has 0 saturated heterocycles. The molecule has 1 aromatic carbocycles. The number of rotatable bonds is 4. The summed E-state index contributed by atoms with van der Waals surface area (Å²) in [6, 6.07) is 7.64. The SMILES string of the molecule is Cc1cc(C)cc(OCC2=Cc3nccc(C(=O)O)c3C2)c1. The minimum absolute atomic E-state index is 0.322. The average Bonchev–Trinajstić information content (AvgIpc) is 2.86. The summed E-state index contributed by atoms with van der Waals surface area (Å²) in [6.07, 6.45) is 4.03. The van der Waals surface area contributed by atoms with Crippen molar-refractivity contribution in [3.05, 3.63) is 64.0 Å². The molecule has 0 spiro atoms. The van der Waals surface area contributed by atoms with E-state index in [9.17, 15) is 9.90 Å². The zero-order valence-corrected chi connectivity index (χ0v) is 12.6. The Morgan fingerprint density at radius 1 is 1.27 bits per heavy atom. The predicted octanol–water partition coefficient (Wildman–Crippen LogP) is 3.42. The highest BCUT2D eigenvalue weighted by Crippen LogP contribution is 2.27. The van der Waals surface area contributed by atoms with Crippen LogP contribution in [-0.2, 0) is 6.42 Å². The highest BCUT2D eigenvalue weighted by Gasteiger charge is 2.20. The fraction of sp³-hybridized carbons (Fsp3) is 0.222. The van der Waals surface area contributed by atoms with Crippen LogP contribution < -0.4 is 4.74 Å². The van der Waals surface area contributed by atoms with E-state index >= 15 is 0 Å². The molecule has 1 aliphatic rings. The fourth-order valence-electron chi connectivity index (χ4n) is 2.78. The van der Waals surface area contributed by atoms with Crippen molar-refractivity contribution in [2.75, 3.05) is 6.61 Å². The van der Waals surface area contributed by atoms with Crippen molar-refractivity contribution in [2.24, 2.45) is 0 Å². The van der Waals surface area contributed by atoms with Gasteiger partial charge in [-0.05, 0) is 60.4 Å². The number of carboxylic acids is 1. The van der Waals surface area contributed by atoms with Gasteiger partial charge in [0.15, 0.2) is 0 Å². The third kappa shape index (κ3) is 2.86. The molecule has 0 unspecified atom stereocenters. The van der Waals surface area contributed by atoms with Crippen LogP contribution in [0.4, 0.5) is 0 Å². The maximum absolute atomic E-state index is 11.2. The topological polar surface area (TPSA) is 59.4 Å². The van der Waals surface area contributed by atoms with Crippen LogP contribution in [0, 0.1) is 13.8 Å². The molecule has 3 rings (SSSR count). The average molecular weight is 295 g/mol. The standard InChI is InChI=1S/C18H17NO3/c1-11-5-12(2)7-14(6-11)22-10-13-8-16-15(18(20)21)3-4-19-17(16)9-13/h3-7,9H,8,10H2,1-2H3,(H,20,21). The van der Waals surface area contributed by atoms with Crippen LogP contribution in [0.1, 0.15) is 32.7 Å². The minimum atomic E-state index is -0.913. The van der Waals surface area contributed by atoms with Crippen molar-refractivity contribution in [2.45, 2.75) is 20.3 Å². The molecule has 1 aromatic heterocycles. The molecule has 2 aromatic rings. The second-order valence-electron chi connectivity index (χ2n) is 5.62. The van der Waals surface area contributed by atoms with Gasteiger partial charge in [0.25, 0.3) is 0 Å². The fourth-order valence-corrected chi connectivity index (χ4v) is 2.78. The summed E-state index contributed by atoms with van der Waals surface area (Å²) in [7, 11) is 0. The predicted molar refractivity (Wildman–Crippen MR) is 84.3 cm³/mol. The van der Waals surface area contributed by atoms with E-state index in [0.717, 1.165) is 33.7 Å². The molecular weight excluding hydrogens is 278 g/mol. The summed E-state index contributed by atoms with van der Waals surface area (Å²) in [5.74, 6) is -0.0794. The first-order valence-electron chi connectivity index (χ1n) is 7.14. The molecule has 1 aliphatic carbocycles. The molecule has 22 heavy (non-hydrogen) atoms. The Kier molecular flexibility index (Phi) is 3.67. The number of aromatic carboxylic acids is 1. The molecule has 0 bridgehead atoms. The van der Waals surface area contributed by atoms with E-state index in [2.05, 4.69) is 11.1 Å². The van der Waals surface area contributed by atoms with Gasteiger partial charge in [-0.2, -0.15) is 0 Å². The number of carboxylic acid groups (broad SMARTS) is 1. The number of hydrogen-bond acceptors (Lipinski definition) is 3. The van der Waals surface area contributed by atoms with Gasteiger partial charge < -0.3 is 9.84 Å². The van der Waals surface area contributed by atoms with Crippen molar-refractivity contribution in [1.82, 2.24) is 4.98 Å². The number of aromatic nitrogens is 1. The van der Waals surface area contributed by atoms with Gasteiger partial charge in [0.1, 0.15) is 12.4 Å². The van der Waals surface area contributed by atoms with Crippen molar-refractivity contribution in [3.63, 3.8) is 0 Å². The normalized spacial score (nSPS) is 12.7. The molecular formula is C18H17NO3. The van der Waals surface area contributed by atoms with Gasteiger partial charge in [-0.1, -0.05) is 6.07 Å². The molecule has 1 N–H and O–H groups in total. The molecule has 0 amide bonds. The van der Waals surface area contributed by atoms with Crippen molar-refractivity contribution >= 4 is 12.0 Å². The van der Waals surface area contributed by atoms with Gasteiger partial charge in [-0.3, -0.25) is 4.98 Å². The van der Waals surface area contributed by atoms with E-state index < -0.39 is 5.97 Å². The maximum atomic E-state index is 11.2. The number of benzene rings is 1. The Morgan fingerprint density at radius 2 is 2.00 bits per heavy atom. The lowest BCUT2D eigenvalue weighted by molar-refractivity contribution is 0.0695. The monoisotopic (exact) mass is 295 g/mol. The molecule has 0 saturated carbocycles. The maximum Gasteiger partial charge on any atom is 0.336 e. The van der Waals surface area contributed by atoms with Crippen LogP contribution in [0.2, 0.25) is 0 Å². The van der Waals surface area contributed by atoms with Gasteiger partial charge in [0.2, 0.25) is 0 Å². The number of carbonyl (C=O) groups is 1. The van der Waals surface area contributed by atoms with Crippen LogP contribution in [0.3, 0.4) is 0 Å². The highest BCUT2D eigenvalue weighted by molar-refractivity contribution is 5.91. The van der Waals surface area contributed by atoms with E-state index in [-0.39, 0.29) is 0 Å². The Bertz CT molecular complexity index is 758. The first-order chi connectivity index (χ1) is 10.5. The third-order valence-corrected chi connectivity index (χ3v) is 3.68. The van der Waals surface area contributed by atoms with Gasteiger partial charge >= 0.3 is 5.97 Å². The van der Waals surface area contributed by atoms with E-state index in [0.29, 0.717) is 18.6 Å². The Morgan fingerprint density at radius 3 is 2.68 bits per heavy atom. The number of fused-ring (bicyclic) bond motifs is 1. The molecule has 0 atom stereocenters. The Labute approximate surface area is 129 Å². The van der Waals surface area contributed by atoms with Gasteiger partial charge in [-0.15, -0.1) is 0 Å². The molecule has 0 fully saturated rings. The number of hydrogen-bond donors (Lipinski definition) is 1. The van der Waals surface area contributed by atoms with E-state index in [1.54, 1.807) is 6.07 Å². The quantitative estimate of drug-likeness (QED) is 0.939. The van der Waals surface area contributed by atoms with Crippen LogP contribution in [0.25, 0.3) is 6.08 Å². The second kappa shape index (κ2) is 5.64. The largest absolute Gasteiger partial charge is 0.489 e. The lowest BCUT2D eigenvalue weighted by Crippen LogP contribution is -2.05. The molecule has 4 nitrogen and oxygen atoms in total. The number of nitrogens with zero attached hydrogens (tertiary/aromatic N) is 1. The zero-order chi connectivity index (χ0) is 15.7. The molecule has 0 radical (unpaired) electrons. The van der Waals surface area contributed by atoms with Crippen LogP contribution in [0.15, 0.2) is 36.0 Å². The molecule has 4 heteroatoms. The van der Waals surface area contributed by atoms with Crippen LogP contribution in [0.5, 0.6) is 5.75 Å². The molecule has 1 heterocycles. The Hall–Kier alpha value is -2.62. The summed E-state index contributed by atoms with van der Waals surface area (Å²) in [5, 5.41) is 9.22.